The third-order valence-electron chi connectivity index (χ3n) is 2.90. The molecule has 3 amide bonds. The van der Waals surface area contributed by atoms with Gasteiger partial charge in [0.05, 0.1) is 12.5 Å². The van der Waals surface area contributed by atoms with Gasteiger partial charge in [-0.2, -0.15) is 0 Å². The number of hydrogen-bond acceptors (Lipinski definition) is 4. The van der Waals surface area contributed by atoms with Crippen LogP contribution < -0.4 is 11.1 Å². The summed E-state index contributed by atoms with van der Waals surface area (Å²) >= 11 is 0. The van der Waals surface area contributed by atoms with Crippen LogP contribution in [0.5, 0.6) is 0 Å². The molecule has 0 unspecified atom stereocenters. The Morgan fingerprint density at radius 1 is 1.32 bits per heavy atom. The molecule has 0 aromatic carbocycles. The van der Waals surface area contributed by atoms with Gasteiger partial charge in [-0.05, 0) is 12.8 Å². The number of aliphatic carboxylic acids is 1. The van der Waals surface area contributed by atoms with E-state index in [-0.39, 0.29) is 31.7 Å². The van der Waals surface area contributed by atoms with E-state index in [4.69, 9.17) is 15.6 Å². The lowest BCUT2D eigenvalue weighted by Crippen LogP contribution is -2.46. The highest BCUT2D eigenvalue weighted by atomic mass is 16.5. The highest BCUT2D eigenvalue weighted by molar-refractivity contribution is 5.75. The SMILES string of the molecule is NC(=O)COCCNC(=O)N1CCC(C(=O)O)CC1. The minimum Gasteiger partial charge on any atom is -0.481 e. The Balaban J connectivity index is 2.14. The summed E-state index contributed by atoms with van der Waals surface area (Å²) in [5.74, 6) is -1.72. The van der Waals surface area contributed by atoms with Crippen LogP contribution in [0.25, 0.3) is 0 Å². The molecule has 4 N–H and O–H groups in total. The van der Waals surface area contributed by atoms with E-state index in [0.717, 1.165) is 0 Å². The lowest BCUT2D eigenvalue weighted by molar-refractivity contribution is -0.143. The van der Waals surface area contributed by atoms with Gasteiger partial charge in [-0.1, -0.05) is 0 Å². The van der Waals surface area contributed by atoms with Crippen molar-refractivity contribution in [2.75, 3.05) is 32.8 Å². The molecule has 1 aliphatic rings. The maximum Gasteiger partial charge on any atom is 0.317 e. The van der Waals surface area contributed by atoms with Crippen molar-refractivity contribution >= 4 is 17.9 Å². The molecule has 0 bridgehead atoms. The summed E-state index contributed by atoms with van der Waals surface area (Å²) in [6.07, 6.45) is 0.946. The summed E-state index contributed by atoms with van der Waals surface area (Å²) in [5.41, 5.74) is 4.88. The van der Waals surface area contributed by atoms with Crippen LogP contribution in [0.2, 0.25) is 0 Å². The Hall–Kier alpha value is -1.83. The molecule has 1 aliphatic heterocycles. The molecule has 8 nitrogen and oxygen atoms in total. The summed E-state index contributed by atoms with van der Waals surface area (Å²) in [5, 5.41) is 11.5. The van der Waals surface area contributed by atoms with Crippen molar-refractivity contribution < 1.29 is 24.2 Å². The third-order valence-corrected chi connectivity index (χ3v) is 2.90. The van der Waals surface area contributed by atoms with Crippen molar-refractivity contribution in [3.8, 4) is 0 Å². The Morgan fingerprint density at radius 3 is 2.47 bits per heavy atom. The maximum atomic E-state index is 11.7. The summed E-state index contributed by atoms with van der Waals surface area (Å²) in [7, 11) is 0. The summed E-state index contributed by atoms with van der Waals surface area (Å²) in [4.78, 5) is 34.4. The number of nitrogens with one attached hydrogen (secondary N) is 1. The molecule has 0 atom stereocenters. The molecule has 108 valence electrons. The van der Waals surface area contributed by atoms with Crippen LogP contribution >= 0.6 is 0 Å². The van der Waals surface area contributed by atoms with E-state index in [1.165, 1.54) is 0 Å². The molecular weight excluding hydrogens is 254 g/mol. The van der Waals surface area contributed by atoms with Crippen LogP contribution in [-0.4, -0.2) is 60.8 Å². The zero-order valence-electron chi connectivity index (χ0n) is 10.6. The Kier molecular flexibility index (Phi) is 6.07. The van der Waals surface area contributed by atoms with E-state index in [2.05, 4.69) is 5.32 Å². The fourth-order valence-corrected chi connectivity index (χ4v) is 1.84. The van der Waals surface area contributed by atoms with Gasteiger partial charge in [-0.15, -0.1) is 0 Å². The van der Waals surface area contributed by atoms with E-state index < -0.39 is 11.9 Å². The minimum atomic E-state index is -0.806. The monoisotopic (exact) mass is 273 g/mol. The number of carboxylic acid groups (broad SMARTS) is 1. The molecule has 8 heteroatoms. The first-order chi connectivity index (χ1) is 9.00. The maximum absolute atomic E-state index is 11.7. The number of piperidine rings is 1. The van der Waals surface area contributed by atoms with Crippen molar-refractivity contribution in [1.82, 2.24) is 10.2 Å². The van der Waals surface area contributed by atoms with Gasteiger partial charge < -0.3 is 25.8 Å². The molecule has 0 spiro atoms. The van der Waals surface area contributed by atoms with Crippen molar-refractivity contribution in [1.29, 1.82) is 0 Å². The number of amides is 3. The first-order valence-corrected chi connectivity index (χ1v) is 6.12. The predicted octanol–water partition coefficient (Wildman–Crippen LogP) is -1.01. The van der Waals surface area contributed by atoms with Crippen molar-refractivity contribution in [3.05, 3.63) is 0 Å². The van der Waals surface area contributed by atoms with E-state index >= 15 is 0 Å². The number of ether oxygens (including phenoxy) is 1. The number of nitrogens with zero attached hydrogens (tertiary/aromatic N) is 1. The number of hydrogen-bond donors (Lipinski definition) is 3. The highest BCUT2D eigenvalue weighted by Gasteiger charge is 2.26. The Labute approximate surface area is 110 Å². The van der Waals surface area contributed by atoms with Gasteiger partial charge in [0.1, 0.15) is 6.61 Å². The van der Waals surface area contributed by atoms with Gasteiger partial charge in [-0.25, -0.2) is 4.79 Å². The third kappa shape index (κ3) is 5.56. The number of primary amides is 1. The number of carbonyl (C=O) groups excluding carboxylic acids is 2. The predicted molar refractivity (Wildman–Crippen MR) is 65.3 cm³/mol. The number of urea groups is 1. The lowest BCUT2D eigenvalue weighted by atomic mass is 9.97. The van der Waals surface area contributed by atoms with Crippen LogP contribution in [0.4, 0.5) is 4.79 Å². The summed E-state index contributed by atoms with van der Waals surface area (Å²) in [6.45, 7) is 1.20. The molecule has 19 heavy (non-hydrogen) atoms. The molecule has 1 saturated heterocycles. The van der Waals surface area contributed by atoms with E-state index in [0.29, 0.717) is 25.9 Å². The normalized spacial score (nSPS) is 16.1. The van der Waals surface area contributed by atoms with Crippen molar-refractivity contribution in [2.45, 2.75) is 12.8 Å². The number of carboxylic acids is 1. The van der Waals surface area contributed by atoms with Crippen LogP contribution in [0.3, 0.4) is 0 Å². The van der Waals surface area contributed by atoms with E-state index in [9.17, 15) is 14.4 Å². The first kappa shape index (κ1) is 15.2. The highest BCUT2D eigenvalue weighted by Crippen LogP contribution is 2.16. The van der Waals surface area contributed by atoms with Gasteiger partial charge in [0.25, 0.3) is 0 Å². The van der Waals surface area contributed by atoms with E-state index in [1.54, 1.807) is 4.90 Å². The summed E-state index contributed by atoms with van der Waals surface area (Å²) < 4.78 is 4.90. The smallest absolute Gasteiger partial charge is 0.317 e. The Morgan fingerprint density at radius 2 is 1.95 bits per heavy atom. The molecule has 1 rings (SSSR count). The molecule has 1 fully saturated rings. The topological polar surface area (TPSA) is 122 Å². The quantitative estimate of drug-likeness (QED) is 0.535. The average molecular weight is 273 g/mol. The number of rotatable bonds is 6. The fraction of sp³-hybridized carbons (Fsp3) is 0.727. The molecule has 0 aromatic heterocycles. The van der Waals surface area contributed by atoms with Gasteiger partial charge in [-0.3, -0.25) is 9.59 Å². The van der Waals surface area contributed by atoms with Gasteiger partial charge in [0.2, 0.25) is 5.91 Å². The average Bonchev–Trinajstić information content (AvgIpc) is 2.37. The molecule has 0 aromatic rings. The van der Waals surface area contributed by atoms with Crippen LogP contribution in [0, 0.1) is 5.92 Å². The van der Waals surface area contributed by atoms with Gasteiger partial charge in [0.15, 0.2) is 0 Å². The largest absolute Gasteiger partial charge is 0.481 e. The minimum absolute atomic E-state index is 0.167. The fourth-order valence-electron chi connectivity index (χ4n) is 1.84. The van der Waals surface area contributed by atoms with Crippen LogP contribution in [-0.2, 0) is 14.3 Å². The van der Waals surface area contributed by atoms with Crippen LogP contribution in [0.1, 0.15) is 12.8 Å². The molecule has 1 heterocycles. The van der Waals surface area contributed by atoms with Gasteiger partial charge in [0, 0.05) is 19.6 Å². The van der Waals surface area contributed by atoms with Crippen LogP contribution in [0.15, 0.2) is 0 Å². The molecular formula is C11H19N3O5. The zero-order valence-corrected chi connectivity index (χ0v) is 10.6. The van der Waals surface area contributed by atoms with E-state index in [1.807, 2.05) is 0 Å². The second-order valence-electron chi connectivity index (χ2n) is 4.35. The standard InChI is InChI=1S/C11H19N3O5/c12-9(15)7-19-6-3-13-11(18)14-4-1-8(2-5-14)10(16)17/h8H,1-7H2,(H2,12,15)(H,13,18)(H,16,17). The molecule has 0 saturated carbocycles. The molecule has 0 aliphatic carbocycles. The number of carbonyl (C=O) groups is 3. The zero-order chi connectivity index (χ0) is 14.3. The van der Waals surface area contributed by atoms with Crippen molar-refractivity contribution in [2.24, 2.45) is 11.7 Å². The molecule has 0 radical (unpaired) electrons. The van der Waals surface area contributed by atoms with Gasteiger partial charge >= 0.3 is 12.0 Å². The first-order valence-electron chi connectivity index (χ1n) is 6.12. The van der Waals surface area contributed by atoms with Crippen molar-refractivity contribution in [3.63, 3.8) is 0 Å². The number of likely N-dealkylation sites (tertiary alicyclic amines) is 1. The Bertz CT molecular complexity index is 339. The summed E-state index contributed by atoms with van der Waals surface area (Å²) in [6, 6.07) is -0.244. The second kappa shape index (κ2) is 7.57. The number of nitrogens with two attached hydrogens (primary N) is 1. The lowest BCUT2D eigenvalue weighted by Gasteiger charge is -2.30. The second-order valence-corrected chi connectivity index (χ2v) is 4.35.